The lowest BCUT2D eigenvalue weighted by Crippen LogP contribution is -2.32. The molecule has 30 heavy (non-hydrogen) atoms. The van der Waals surface area contributed by atoms with E-state index in [4.69, 9.17) is 14.9 Å². The highest BCUT2D eigenvalue weighted by Gasteiger charge is 2.20. The van der Waals surface area contributed by atoms with Gasteiger partial charge in [0.05, 0.1) is 13.2 Å². The molecule has 3 N–H and O–H groups in total. The minimum Gasteiger partial charge on any atom is -0.456 e. The van der Waals surface area contributed by atoms with Gasteiger partial charge in [0.2, 0.25) is 0 Å². The average molecular weight is 431 g/mol. The Morgan fingerprint density at radius 2 is 0.967 bits per heavy atom. The number of ether oxygens (including phenoxy) is 1. The number of rotatable bonds is 23. The van der Waals surface area contributed by atoms with Crippen molar-refractivity contribution in [3.05, 3.63) is 0 Å². The Balaban J connectivity index is 3.27. The van der Waals surface area contributed by atoms with E-state index in [1.807, 2.05) is 0 Å². The van der Waals surface area contributed by atoms with E-state index in [2.05, 4.69) is 6.92 Å². The maximum absolute atomic E-state index is 11.6. The van der Waals surface area contributed by atoms with Gasteiger partial charge in [-0.1, -0.05) is 122 Å². The Labute approximate surface area is 185 Å². The molecule has 180 valence electrons. The molecule has 0 fully saturated rings. The molecule has 5 nitrogen and oxygen atoms in total. The van der Waals surface area contributed by atoms with E-state index in [9.17, 15) is 9.90 Å². The number of aliphatic hydroxyl groups is 3. The Kier molecular flexibility index (Phi) is 22.5. The zero-order valence-corrected chi connectivity index (χ0v) is 19.7. The lowest BCUT2D eigenvalue weighted by atomic mass is 10.0. The first-order valence-corrected chi connectivity index (χ1v) is 12.8. The predicted molar refractivity (Wildman–Crippen MR) is 123 cm³/mol. The highest BCUT2D eigenvalue weighted by molar-refractivity contribution is 5.74. The monoisotopic (exact) mass is 430 g/mol. The molecule has 0 radical (unpaired) electrons. The van der Waals surface area contributed by atoms with Crippen LogP contribution in [0, 0.1) is 0 Å². The van der Waals surface area contributed by atoms with Crippen LogP contribution in [-0.4, -0.2) is 46.7 Å². The van der Waals surface area contributed by atoms with Gasteiger partial charge in [0.25, 0.3) is 0 Å². The number of unbranched alkanes of at least 4 members (excludes halogenated alkanes) is 17. The van der Waals surface area contributed by atoms with Gasteiger partial charge in [0.15, 0.2) is 6.10 Å². The van der Waals surface area contributed by atoms with Crippen LogP contribution in [0.15, 0.2) is 0 Å². The van der Waals surface area contributed by atoms with Crippen LogP contribution >= 0.6 is 0 Å². The smallest absolute Gasteiger partial charge is 0.335 e. The molecule has 0 heterocycles. The Morgan fingerprint density at radius 1 is 0.633 bits per heavy atom. The van der Waals surface area contributed by atoms with Crippen LogP contribution in [0.5, 0.6) is 0 Å². The molecule has 0 aromatic carbocycles. The third-order valence-corrected chi connectivity index (χ3v) is 5.79. The second kappa shape index (κ2) is 23.0. The fourth-order valence-corrected chi connectivity index (χ4v) is 3.73. The normalized spacial score (nSPS) is 12.4. The summed E-state index contributed by atoms with van der Waals surface area (Å²) in [5.41, 5.74) is 0. The lowest BCUT2D eigenvalue weighted by Gasteiger charge is -2.15. The van der Waals surface area contributed by atoms with Crippen molar-refractivity contribution in [1.82, 2.24) is 0 Å². The third kappa shape index (κ3) is 19.3. The van der Waals surface area contributed by atoms with Crippen molar-refractivity contribution in [3.63, 3.8) is 0 Å². The first-order chi connectivity index (χ1) is 14.7. The second-order valence-electron chi connectivity index (χ2n) is 8.74. The number of esters is 1. The molecule has 0 aliphatic carbocycles. The molecular weight excluding hydrogens is 380 g/mol. The highest BCUT2D eigenvalue weighted by Crippen LogP contribution is 2.15. The summed E-state index contributed by atoms with van der Waals surface area (Å²) in [4.78, 5) is 11.6. The molecule has 0 rings (SSSR count). The van der Waals surface area contributed by atoms with E-state index in [0.717, 1.165) is 19.3 Å². The van der Waals surface area contributed by atoms with Crippen molar-refractivity contribution in [2.24, 2.45) is 0 Å². The topological polar surface area (TPSA) is 87.0 Å². The Hall–Kier alpha value is -0.650. The van der Waals surface area contributed by atoms with Gasteiger partial charge in [-0.3, -0.25) is 0 Å². The van der Waals surface area contributed by atoms with Gasteiger partial charge in [-0.05, 0) is 6.42 Å². The van der Waals surface area contributed by atoms with Crippen molar-refractivity contribution >= 4 is 5.97 Å². The average Bonchev–Trinajstić information content (AvgIpc) is 2.76. The number of carbonyl (C=O) groups excluding carboxylic acids is 1. The largest absolute Gasteiger partial charge is 0.456 e. The molecule has 1 unspecified atom stereocenters. The van der Waals surface area contributed by atoms with Crippen LogP contribution in [0.25, 0.3) is 0 Å². The molecule has 0 bridgehead atoms. The summed E-state index contributed by atoms with van der Waals surface area (Å²) in [5.74, 6) is -0.755. The molecule has 0 aromatic rings. The van der Waals surface area contributed by atoms with Gasteiger partial charge >= 0.3 is 5.97 Å². The van der Waals surface area contributed by atoms with E-state index in [1.165, 1.54) is 96.3 Å². The number of carbonyl (C=O) groups is 1. The summed E-state index contributed by atoms with van der Waals surface area (Å²) in [7, 11) is 0. The molecule has 0 saturated heterocycles. The summed E-state index contributed by atoms with van der Waals surface area (Å²) >= 11 is 0. The summed E-state index contributed by atoms with van der Waals surface area (Å²) < 4.78 is 4.81. The van der Waals surface area contributed by atoms with Crippen molar-refractivity contribution in [2.75, 3.05) is 13.2 Å². The molecule has 0 aromatic heterocycles. The fourth-order valence-electron chi connectivity index (χ4n) is 3.73. The summed E-state index contributed by atoms with van der Waals surface area (Å²) in [6.45, 7) is 1.40. The molecule has 0 aliphatic heterocycles. The fraction of sp³-hybridized carbons (Fsp3) is 0.960. The standard InChI is InChI=1S/C25H50O5/c1-2-3-4-5-6-7-8-9-10-11-12-13-14-15-16-17-18-19-20-24(28)25(29)30-23(21-26)22-27/h23-24,26-28H,2-22H2,1H3. The molecular formula is C25H50O5. The van der Waals surface area contributed by atoms with Gasteiger partial charge in [0, 0.05) is 0 Å². The molecule has 0 amide bonds. The van der Waals surface area contributed by atoms with Gasteiger partial charge in [-0.15, -0.1) is 0 Å². The molecule has 0 aliphatic rings. The highest BCUT2D eigenvalue weighted by atomic mass is 16.6. The molecule has 5 heteroatoms. The van der Waals surface area contributed by atoms with Crippen LogP contribution in [0.4, 0.5) is 0 Å². The summed E-state index contributed by atoms with van der Waals surface area (Å²) in [5, 5.41) is 27.5. The number of hydrogen-bond donors (Lipinski definition) is 3. The quantitative estimate of drug-likeness (QED) is 0.143. The van der Waals surface area contributed by atoms with Crippen LogP contribution in [0.3, 0.4) is 0 Å². The predicted octanol–water partition coefficient (Wildman–Crippen LogP) is 5.68. The van der Waals surface area contributed by atoms with Crippen LogP contribution < -0.4 is 0 Å². The van der Waals surface area contributed by atoms with Crippen LogP contribution in [0.2, 0.25) is 0 Å². The van der Waals surface area contributed by atoms with Crippen molar-refractivity contribution in [2.45, 2.75) is 141 Å². The van der Waals surface area contributed by atoms with E-state index in [1.54, 1.807) is 0 Å². The Morgan fingerprint density at radius 3 is 1.30 bits per heavy atom. The zero-order valence-electron chi connectivity index (χ0n) is 19.7. The minimum atomic E-state index is -1.16. The SMILES string of the molecule is CCCCCCCCCCCCCCCCCCCCC(O)C(=O)OC(CO)CO. The van der Waals surface area contributed by atoms with Gasteiger partial charge < -0.3 is 20.1 Å². The third-order valence-electron chi connectivity index (χ3n) is 5.79. The first-order valence-electron chi connectivity index (χ1n) is 12.8. The Bertz CT molecular complexity index is 357. The van der Waals surface area contributed by atoms with E-state index in [-0.39, 0.29) is 0 Å². The van der Waals surface area contributed by atoms with Crippen molar-refractivity contribution in [3.8, 4) is 0 Å². The van der Waals surface area contributed by atoms with Gasteiger partial charge in [-0.25, -0.2) is 4.79 Å². The van der Waals surface area contributed by atoms with Gasteiger partial charge in [-0.2, -0.15) is 0 Å². The maximum Gasteiger partial charge on any atom is 0.335 e. The van der Waals surface area contributed by atoms with E-state index in [0.29, 0.717) is 6.42 Å². The van der Waals surface area contributed by atoms with Crippen LogP contribution in [-0.2, 0) is 9.53 Å². The molecule has 0 saturated carbocycles. The van der Waals surface area contributed by atoms with Crippen LogP contribution in [0.1, 0.15) is 129 Å². The lowest BCUT2D eigenvalue weighted by molar-refractivity contribution is -0.163. The molecule has 1 atom stereocenters. The van der Waals surface area contributed by atoms with Crippen molar-refractivity contribution in [1.29, 1.82) is 0 Å². The van der Waals surface area contributed by atoms with Gasteiger partial charge in [0.1, 0.15) is 6.10 Å². The van der Waals surface area contributed by atoms with E-state index < -0.39 is 31.4 Å². The number of hydrogen-bond acceptors (Lipinski definition) is 5. The maximum atomic E-state index is 11.6. The van der Waals surface area contributed by atoms with E-state index >= 15 is 0 Å². The first kappa shape index (κ1) is 29.4. The molecule has 0 spiro atoms. The zero-order chi connectivity index (χ0) is 22.3. The summed E-state index contributed by atoms with van der Waals surface area (Å²) in [6.07, 6.45) is 21.8. The second-order valence-corrected chi connectivity index (χ2v) is 8.74. The summed E-state index contributed by atoms with van der Waals surface area (Å²) in [6, 6.07) is 0. The number of aliphatic hydroxyl groups excluding tert-OH is 3. The minimum absolute atomic E-state index is 0.376. The van der Waals surface area contributed by atoms with Crippen molar-refractivity contribution < 1.29 is 24.9 Å².